The average Bonchev–Trinajstić information content (AvgIpc) is 3.34. The summed E-state index contributed by atoms with van der Waals surface area (Å²) in [4.78, 5) is 34.3. The van der Waals surface area contributed by atoms with Crippen molar-refractivity contribution in [2.45, 2.75) is 5.16 Å². The number of thioether (sulfide) groups is 1. The molecule has 0 fully saturated rings. The molecule has 0 radical (unpaired) electrons. The minimum absolute atomic E-state index is 0.0322. The fourth-order valence-electron chi connectivity index (χ4n) is 3.81. The maximum absolute atomic E-state index is 13.7. The lowest BCUT2D eigenvalue weighted by molar-refractivity contribution is -0.113. The summed E-state index contributed by atoms with van der Waals surface area (Å²) in [5.41, 5.74) is 3.55. The summed E-state index contributed by atoms with van der Waals surface area (Å²) in [6.07, 6.45) is 1.78. The number of anilines is 1. The normalized spacial score (nSPS) is 10.9. The third-order valence-electron chi connectivity index (χ3n) is 5.56. The van der Waals surface area contributed by atoms with Crippen molar-refractivity contribution in [2.24, 2.45) is 0 Å². The lowest BCUT2D eigenvalue weighted by Crippen LogP contribution is -2.23. The maximum Gasteiger partial charge on any atom is 0.283 e. The number of nitrogens with zero attached hydrogens (tertiary/aromatic N) is 2. The number of aromatic amines is 1. The van der Waals surface area contributed by atoms with Gasteiger partial charge in [0.25, 0.3) is 5.56 Å². The summed E-state index contributed by atoms with van der Waals surface area (Å²) in [7, 11) is 1.58. The molecule has 36 heavy (non-hydrogen) atoms. The predicted molar refractivity (Wildman–Crippen MR) is 144 cm³/mol. The highest BCUT2D eigenvalue weighted by molar-refractivity contribution is 7.99. The Kier molecular flexibility index (Phi) is 6.79. The van der Waals surface area contributed by atoms with E-state index in [9.17, 15) is 9.59 Å². The van der Waals surface area contributed by atoms with Crippen LogP contribution in [0.25, 0.3) is 27.8 Å². The molecule has 0 saturated heterocycles. The van der Waals surface area contributed by atoms with Gasteiger partial charge in [0.15, 0.2) is 5.16 Å². The van der Waals surface area contributed by atoms with E-state index in [0.29, 0.717) is 38.3 Å². The summed E-state index contributed by atoms with van der Waals surface area (Å²) >= 11 is 7.34. The van der Waals surface area contributed by atoms with Crippen LogP contribution in [0.4, 0.5) is 5.69 Å². The van der Waals surface area contributed by atoms with E-state index in [2.05, 4.69) is 10.3 Å². The highest BCUT2D eigenvalue weighted by Gasteiger charge is 2.19. The fraction of sp³-hybridized carbons (Fsp3) is 0.0741. The van der Waals surface area contributed by atoms with Crippen molar-refractivity contribution in [3.63, 3.8) is 0 Å². The molecular weight excluding hydrogens is 496 g/mol. The number of nitrogens with one attached hydrogen (secondary N) is 2. The van der Waals surface area contributed by atoms with Crippen molar-refractivity contribution < 1.29 is 9.53 Å². The number of hydrogen-bond acceptors (Lipinski definition) is 5. The monoisotopic (exact) mass is 516 g/mol. The van der Waals surface area contributed by atoms with E-state index in [1.807, 2.05) is 30.3 Å². The van der Waals surface area contributed by atoms with E-state index >= 15 is 0 Å². The number of ether oxygens (including phenoxy) is 1. The Labute approximate surface area is 216 Å². The van der Waals surface area contributed by atoms with Gasteiger partial charge in [0, 0.05) is 11.8 Å². The number of methoxy groups -OCH3 is 1. The molecule has 0 aliphatic rings. The van der Waals surface area contributed by atoms with Crippen LogP contribution in [0.5, 0.6) is 5.75 Å². The molecule has 5 rings (SSSR count). The Hall–Kier alpha value is -4.01. The molecule has 2 aromatic heterocycles. The van der Waals surface area contributed by atoms with Gasteiger partial charge in [-0.2, -0.15) is 0 Å². The quantitative estimate of drug-likeness (QED) is 0.212. The minimum Gasteiger partial charge on any atom is -0.497 e. The van der Waals surface area contributed by atoms with E-state index in [1.165, 1.54) is 16.3 Å². The number of carbonyl (C=O) groups is 1. The molecule has 180 valence electrons. The predicted octanol–water partition coefficient (Wildman–Crippen LogP) is 5.77. The van der Waals surface area contributed by atoms with Gasteiger partial charge in [0.2, 0.25) is 5.91 Å². The Morgan fingerprint density at radius 1 is 1.06 bits per heavy atom. The van der Waals surface area contributed by atoms with Crippen LogP contribution < -0.4 is 15.6 Å². The van der Waals surface area contributed by atoms with Crippen LogP contribution in [-0.4, -0.2) is 33.3 Å². The topological polar surface area (TPSA) is 89.0 Å². The van der Waals surface area contributed by atoms with Gasteiger partial charge in [-0.05, 0) is 42.0 Å². The Bertz CT molecular complexity index is 1600. The van der Waals surface area contributed by atoms with Crippen LogP contribution >= 0.6 is 23.4 Å². The third kappa shape index (κ3) is 4.73. The molecule has 0 bridgehead atoms. The van der Waals surface area contributed by atoms with Crippen LogP contribution in [0.15, 0.2) is 95.0 Å². The number of hydrogen-bond donors (Lipinski definition) is 2. The molecule has 5 aromatic rings. The first-order valence-electron chi connectivity index (χ1n) is 11.1. The second-order valence-electron chi connectivity index (χ2n) is 7.84. The standard InChI is InChI=1S/C27H21ClN4O3S/c1-35-19-13-11-18(12-14-19)32-26(34)25-24(20(15-29-25)17-7-3-2-4-8-17)31-27(32)36-16-23(33)30-22-10-6-5-9-21(22)28/h2-15,29H,16H2,1H3,(H,30,33). The Balaban J connectivity index is 1.56. The first kappa shape index (κ1) is 23.7. The number of rotatable bonds is 7. The van der Waals surface area contributed by atoms with Crippen LogP contribution in [0, 0.1) is 0 Å². The average molecular weight is 517 g/mol. The van der Waals surface area contributed by atoms with E-state index in [-0.39, 0.29) is 17.2 Å². The number of halogens is 1. The minimum atomic E-state index is -0.263. The molecule has 0 atom stereocenters. The molecule has 0 aliphatic carbocycles. The van der Waals surface area contributed by atoms with Gasteiger partial charge >= 0.3 is 0 Å². The lowest BCUT2D eigenvalue weighted by Gasteiger charge is -2.13. The molecule has 9 heteroatoms. The van der Waals surface area contributed by atoms with E-state index in [1.54, 1.807) is 61.8 Å². The number of aromatic nitrogens is 3. The fourth-order valence-corrected chi connectivity index (χ4v) is 4.80. The molecule has 1 amide bonds. The SMILES string of the molecule is COc1ccc(-n2c(SCC(=O)Nc3ccccc3Cl)nc3c(-c4ccccc4)c[nH]c3c2=O)cc1. The molecule has 2 N–H and O–H groups in total. The van der Waals surface area contributed by atoms with Gasteiger partial charge in [-0.15, -0.1) is 0 Å². The van der Waals surface area contributed by atoms with Crippen molar-refractivity contribution >= 4 is 46.0 Å². The van der Waals surface area contributed by atoms with Crippen molar-refractivity contribution in [3.8, 4) is 22.6 Å². The number of H-pyrrole nitrogens is 1. The third-order valence-corrected chi connectivity index (χ3v) is 6.83. The molecule has 0 spiro atoms. The second kappa shape index (κ2) is 10.3. The zero-order valence-electron chi connectivity index (χ0n) is 19.2. The van der Waals surface area contributed by atoms with Crippen LogP contribution in [0.2, 0.25) is 5.02 Å². The highest BCUT2D eigenvalue weighted by atomic mass is 35.5. The Morgan fingerprint density at radius 3 is 2.50 bits per heavy atom. The number of benzene rings is 3. The molecular formula is C27H21ClN4O3S. The number of para-hydroxylation sites is 1. The van der Waals surface area contributed by atoms with E-state index in [4.69, 9.17) is 21.3 Å². The van der Waals surface area contributed by atoms with E-state index in [0.717, 1.165) is 11.1 Å². The molecule has 2 heterocycles. The Morgan fingerprint density at radius 2 is 1.78 bits per heavy atom. The van der Waals surface area contributed by atoms with Crippen LogP contribution in [0.1, 0.15) is 0 Å². The molecule has 0 aliphatic heterocycles. The molecule has 3 aromatic carbocycles. The van der Waals surface area contributed by atoms with Crippen molar-refractivity contribution in [1.29, 1.82) is 0 Å². The first-order valence-corrected chi connectivity index (χ1v) is 12.4. The van der Waals surface area contributed by atoms with Gasteiger partial charge in [-0.25, -0.2) is 4.98 Å². The summed E-state index contributed by atoms with van der Waals surface area (Å²) in [5.74, 6) is 0.436. The van der Waals surface area contributed by atoms with Crippen LogP contribution in [0.3, 0.4) is 0 Å². The maximum atomic E-state index is 13.7. The summed E-state index contributed by atoms with van der Waals surface area (Å²) in [5, 5.41) is 3.65. The first-order chi connectivity index (χ1) is 17.5. The highest BCUT2D eigenvalue weighted by Crippen LogP contribution is 2.29. The van der Waals surface area contributed by atoms with Crippen molar-refractivity contribution in [1.82, 2.24) is 14.5 Å². The van der Waals surface area contributed by atoms with Gasteiger partial charge < -0.3 is 15.0 Å². The second-order valence-corrected chi connectivity index (χ2v) is 9.19. The van der Waals surface area contributed by atoms with Gasteiger partial charge in [0.1, 0.15) is 16.8 Å². The lowest BCUT2D eigenvalue weighted by atomic mass is 10.1. The molecule has 7 nitrogen and oxygen atoms in total. The number of amides is 1. The zero-order chi connectivity index (χ0) is 25.1. The summed E-state index contributed by atoms with van der Waals surface area (Å²) in [6, 6.07) is 23.8. The summed E-state index contributed by atoms with van der Waals surface area (Å²) in [6.45, 7) is 0. The van der Waals surface area contributed by atoms with Crippen LogP contribution in [-0.2, 0) is 4.79 Å². The number of fused-ring (bicyclic) bond motifs is 1. The van der Waals surface area contributed by atoms with Gasteiger partial charge in [-0.3, -0.25) is 14.2 Å². The summed E-state index contributed by atoms with van der Waals surface area (Å²) < 4.78 is 6.76. The number of carbonyl (C=O) groups excluding carboxylic acids is 1. The largest absolute Gasteiger partial charge is 0.497 e. The van der Waals surface area contributed by atoms with E-state index < -0.39 is 0 Å². The van der Waals surface area contributed by atoms with Crippen molar-refractivity contribution in [2.75, 3.05) is 18.2 Å². The van der Waals surface area contributed by atoms with Gasteiger partial charge in [0.05, 0.1) is 29.3 Å². The molecule has 0 saturated carbocycles. The molecule has 0 unspecified atom stereocenters. The van der Waals surface area contributed by atoms with Crippen molar-refractivity contribution in [3.05, 3.63) is 100 Å². The smallest absolute Gasteiger partial charge is 0.283 e. The van der Waals surface area contributed by atoms with Gasteiger partial charge in [-0.1, -0.05) is 65.8 Å². The zero-order valence-corrected chi connectivity index (χ0v) is 20.8.